The van der Waals surface area contributed by atoms with Gasteiger partial charge in [0.15, 0.2) is 5.60 Å². The highest BCUT2D eigenvalue weighted by molar-refractivity contribution is 5.79. The van der Waals surface area contributed by atoms with E-state index in [-0.39, 0.29) is 12.6 Å². The predicted molar refractivity (Wildman–Crippen MR) is 77.1 cm³/mol. The Morgan fingerprint density at radius 2 is 1.90 bits per heavy atom. The molecule has 2 rings (SSSR count). The number of likely N-dealkylation sites (tertiary alicyclic amines) is 2. The quantitative estimate of drug-likeness (QED) is 0.684. The number of rotatable bonds is 4. The molecule has 2 amide bonds. The van der Waals surface area contributed by atoms with Crippen molar-refractivity contribution in [1.29, 1.82) is 0 Å². The number of carboxylic acid groups (broad SMARTS) is 1. The maximum absolute atomic E-state index is 12.0. The van der Waals surface area contributed by atoms with Gasteiger partial charge in [0.1, 0.15) is 0 Å². The van der Waals surface area contributed by atoms with Gasteiger partial charge in [-0.3, -0.25) is 4.90 Å². The minimum absolute atomic E-state index is 0.286. The Morgan fingerprint density at radius 1 is 1.24 bits per heavy atom. The first kappa shape index (κ1) is 16.0. The van der Waals surface area contributed by atoms with E-state index < -0.39 is 11.6 Å². The van der Waals surface area contributed by atoms with E-state index in [1.807, 2.05) is 0 Å². The normalized spacial score (nSPS) is 26.4. The summed E-state index contributed by atoms with van der Waals surface area (Å²) in [4.78, 5) is 27.0. The molecule has 0 bridgehead atoms. The highest BCUT2D eigenvalue weighted by atomic mass is 16.4. The third-order valence-electron chi connectivity index (χ3n) is 4.40. The Balaban J connectivity index is 1.78. The van der Waals surface area contributed by atoms with Crippen LogP contribution in [0.5, 0.6) is 0 Å². The Labute approximate surface area is 124 Å². The fraction of sp³-hybridized carbons (Fsp3) is 0.857. The maximum Gasteiger partial charge on any atom is 0.337 e. The molecule has 7 nitrogen and oxygen atoms in total. The highest BCUT2D eigenvalue weighted by Crippen LogP contribution is 2.20. The largest absolute Gasteiger partial charge is 0.479 e. The molecule has 2 atom stereocenters. The first-order valence-electron chi connectivity index (χ1n) is 7.63. The number of nitrogens with one attached hydrogen (secondary N) is 1. The van der Waals surface area contributed by atoms with E-state index in [2.05, 4.69) is 10.2 Å². The summed E-state index contributed by atoms with van der Waals surface area (Å²) >= 11 is 0. The van der Waals surface area contributed by atoms with E-state index in [9.17, 15) is 14.7 Å². The third kappa shape index (κ3) is 4.07. The SMILES string of the molecule is CC(O)(CNC(=O)N1CCC(N2CCCCC2)C1)C(=O)O. The molecule has 21 heavy (non-hydrogen) atoms. The Bertz CT molecular complexity index is 394. The summed E-state index contributed by atoms with van der Waals surface area (Å²) < 4.78 is 0. The van der Waals surface area contributed by atoms with Crippen LogP contribution in [0.3, 0.4) is 0 Å². The van der Waals surface area contributed by atoms with Crippen molar-refractivity contribution >= 4 is 12.0 Å². The van der Waals surface area contributed by atoms with Gasteiger partial charge in [0.25, 0.3) is 0 Å². The Kier molecular flexibility index (Phi) is 5.05. The van der Waals surface area contributed by atoms with Gasteiger partial charge in [0.05, 0.1) is 6.54 Å². The van der Waals surface area contributed by atoms with Crippen LogP contribution in [-0.4, -0.2) is 76.4 Å². The average Bonchev–Trinajstić information content (AvgIpc) is 2.95. The first-order valence-corrected chi connectivity index (χ1v) is 7.63. The summed E-state index contributed by atoms with van der Waals surface area (Å²) in [6.07, 6.45) is 4.70. The van der Waals surface area contributed by atoms with Gasteiger partial charge in [-0.25, -0.2) is 9.59 Å². The number of urea groups is 1. The average molecular weight is 299 g/mol. The van der Waals surface area contributed by atoms with Gasteiger partial charge in [-0.1, -0.05) is 6.42 Å². The van der Waals surface area contributed by atoms with E-state index in [0.717, 1.165) is 19.5 Å². The van der Waals surface area contributed by atoms with E-state index in [4.69, 9.17) is 5.11 Å². The van der Waals surface area contributed by atoms with Crippen LogP contribution in [0, 0.1) is 0 Å². The van der Waals surface area contributed by atoms with Crippen molar-refractivity contribution in [1.82, 2.24) is 15.1 Å². The molecule has 0 aromatic rings. The van der Waals surface area contributed by atoms with Crippen molar-refractivity contribution in [2.24, 2.45) is 0 Å². The molecular formula is C14H25N3O4. The Hall–Kier alpha value is -1.34. The zero-order valence-electron chi connectivity index (χ0n) is 12.5. The lowest BCUT2D eigenvalue weighted by Crippen LogP contribution is -2.50. The summed E-state index contributed by atoms with van der Waals surface area (Å²) in [5.74, 6) is -1.34. The predicted octanol–water partition coefficient (Wildman–Crippen LogP) is 0.0918. The number of aliphatic hydroxyl groups is 1. The summed E-state index contributed by atoms with van der Waals surface area (Å²) in [7, 11) is 0. The molecule has 0 aromatic heterocycles. The molecular weight excluding hydrogens is 274 g/mol. The van der Waals surface area contributed by atoms with Gasteiger partial charge in [0.2, 0.25) is 0 Å². The molecule has 3 N–H and O–H groups in total. The maximum atomic E-state index is 12.0. The second-order valence-electron chi connectivity index (χ2n) is 6.22. The summed E-state index contributed by atoms with van der Waals surface area (Å²) in [5.41, 5.74) is -1.93. The summed E-state index contributed by atoms with van der Waals surface area (Å²) in [6, 6.07) is 0.118. The topological polar surface area (TPSA) is 93.1 Å². The van der Waals surface area contributed by atoms with Crippen LogP contribution in [0.15, 0.2) is 0 Å². The molecule has 7 heteroatoms. The monoisotopic (exact) mass is 299 g/mol. The van der Waals surface area contributed by atoms with Crippen LogP contribution < -0.4 is 5.32 Å². The van der Waals surface area contributed by atoms with E-state index >= 15 is 0 Å². The van der Waals surface area contributed by atoms with Crippen LogP contribution in [0.4, 0.5) is 4.79 Å². The second kappa shape index (κ2) is 6.62. The molecule has 0 radical (unpaired) electrons. The molecule has 2 aliphatic rings. The smallest absolute Gasteiger partial charge is 0.337 e. The zero-order chi connectivity index (χ0) is 15.5. The lowest BCUT2D eigenvalue weighted by Gasteiger charge is -2.32. The van der Waals surface area contributed by atoms with Crippen LogP contribution in [0.1, 0.15) is 32.6 Å². The minimum atomic E-state index is -1.93. The standard InChI is InChI=1S/C14H25N3O4/c1-14(21,12(18)19)10-15-13(20)17-8-5-11(9-17)16-6-3-2-4-7-16/h11,21H,2-10H2,1H3,(H,15,20)(H,18,19). The van der Waals surface area contributed by atoms with Crippen LogP contribution in [-0.2, 0) is 4.79 Å². The molecule has 0 saturated carbocycles. The molecule has 0 aromatic carbocycles. The Morgan fingerprint density at radius 3 is 2.52 bits per heavy atom. The molecule has 120 valence electrons. The van der Waals surface area contributed by atoms with Gasteiger partial charge in [0, 0.05) is 19.1 Å². The number of carboxylic acids is 1. The van der Waals surface area contributed by atoms with Crippen LogP contribution in [0.2, 0.25) is 0 Å². The van der Waals surface area contributed by atoms with Crippen LogP contribution >= 0.6 is 0 Å². The van der Waals surface area contributed by atoms with Crippen molar-refractivity contribution in [2.75, 3.05) is 32.7 Å². The van der Waals surface area contributed by atoms with Crippen molar-refractivity contribution in [2.45, 2.75) is 44.2 Å². The van der Waals surface area contributed by atoms with Gasteiger partial charge in [-0.05, 0) is 39.3 Å². The number of hydrogen-bond acceptors (Lipinski definition) is 4. The lowest BCUT2D eigenvalue weighted by atomic mass is 10.1. The fourth-order valence-corrected chi connectivity index (χ4v) is 2.94. The van der Waals surface area contributed by atoms with E-state index in [1.165, 1.54) is 26.2 Å². The number of carbonyl (C=O) groups is 2. The van der Waals surface area contributed by atoms with Gasteiger partial charge >= 0.3 is 12.0 Å². The number of nitrogens with zero attached hydrogens (tertiary/aromatic N) is 2. The fourth-order valence-electron chi connectivity index (χ4n) is 2.94. The van der Waals surface area contributed by atoms with Gasteiger partial charge in [-0.15, -0.1) is 0 Å². The van der Waals surface area contributed by atoms with Crippen molar-refractivity contribution < 1.29 is 19.8 Å². The molecule has 2 aliphatic heterocycles. The molecule has 2 fully saturated rings. The third-order valence-corrected chi connectivity index (χ3v) is 4.40. The molecule has 2 saturated heterocycles. The van der Waals surface area contributed by atoms with Crippen molar-refractivity contribution in [3.8, 4) is 0 Å². The lowest BCUT2D eigenvalue weighted by molar-refractivity contribution is -0.155. The number of aliphatic carboxylic acids is 1. The molecule has 0 spiro atoms. The number of hydrogen-bond donors (Lipinski definition) is 3. The van der Waals surface area contributed by atoms with Crippen molar-refractivity contribution in [3.63, 3.8) is 0 Å². The van der Waals surface area contributed by atoms with E-state index in [1.54, 1.807) is 4.90 Å². The number of piperidine rings is 1. The van der Waals surface area contributed by atoms with Crippen LogP contribution in [0.25, 0.3) is 0 Å². The number of carbonyl (C=O) groups excluding carboxylic acids is 1. The number of amides is 2. The molecule has 0 aliphatic carbocycles. The minimum Gasteiger partial charge on any atom is -0.479 e. The molecule has 2 unspecified atom stereocenters. The second-order valence-corrected chi connectivity index (χ2v) is 6.22. The highest BCUT2D eigenvalue weighted by Gasteiger charge is 2.34. The zero-order valence-corrected chi connectivity index (χ0v) is 12.5. The molecule has 2 heterocycles. The van der Waals surface area contributed by atoms with E-state index in [0.29, 0.717) is 19.1 Å². The summed E-state index contributed by atoms with van der Waals surface area (Å²) in [6.45, 7) is 4.47. The van der Waals surface area contributed by atoms with Gasteiger partial charge < -0.3 is 20.4 Å². The summed E-state index contributed by atoms with van der Waals surface area (Å²) in [5, 5.41) is 20.9. The van der Waals surface area contributed by atoms with Crippen molar-refractivity contribution in [3.05, 3.63) is 0 Å². The first-order chi connectivity index (χ1) is 9.90. The van der Waals surface area contributed by atoms with Gasteiger partial charge in [-0.2, -0.15) is 0 Å².